The number of rotatable bonds is 5. The van der Waals surface area contributed by atoms with E-state index in [2.05, 4.69) is 53.2 Å². The van der Waals surface area contributed by atoms with Crippen molar-refractivity contribution in [1.82, 2.24) is 19.7 Å². The molecule has 0 spiro atoms. The summed E-state index contributed by atoms with van der Waals surface area (Å²) in [6.45, 7) is 7.16. The van der Waals surface area contributed by atoms with Crippen molar-refractivity contribution in [2.75, 3.05) is 45.9 Å². The van der Waals surface area contributed by atoms with E-state index in [1.54, 1.807) is 4.90 Å². The van der Waals surface area contributed by atoms with E-state index in [1.165, 1.54) is 5.56 Å². The first kappa shape index (κ1) is 22.3. The fourth-order valence-electron chi connectivity index (χ4n) is 5.92. The molecule has 1 aromatic heterocycles. The smallest absolute Gasteiger partial charge is 0.246 e. The van der Waals surface area contributed by atoms with E-state index < -0.39 is 6.04 Å². The molecule has 0 aliphatic carbocycles. The standard InChI is InChI=1S/C28H32N4O3/c1-19-7-9-20(10-8-19)27-26-22(21-5-2-3-6-23(21)29-26)17-24-28(34)31(18-25(33)32(24)27)12-4-11-30-13-15-35-16-14-30/h2-3,5-10,24,27,29H,4,11-18H2,1H3/t24-,27+/m0/s1. The van der Waals surface area contributed by atoms with Crippen LogP contribution in [0, 0.1) is 6.92 Å². The molecule has 2 saturated heterocycles. The molecule has 6 rings (SSSR count). The highest BCUT2D eigenvalue weighted by atomic mass is 16.5. The third-order valence-corrected chi connectivity index (χ3v) is 7.74. The van der Waals surface area contributed by atoms with Crippen LogP contribution in [0.1, 0.15) is 34.8 Å². The van der Waals surface area contributed by atoms with Gasteiger partial charge in [-0.25, -0.2) is 0 Å². The number of carbonyl (C=O) groups is 2. The molecule has 2 fully saturated rings. The highest BCUT2D eigenvalue weighted by molar-refractivity contribution is 5.97. The van der Waals surface area contributed by atoms with Gasteiger partial charge < -0.3 is 19.5 Å². The Balaban J connectivity index is 1.31. The molecule has 2 amide bonds. The number of hydrogen-bond donors (Lipinski definition) is 1. The quantitative estimate of drug-likeness (QED) is 0.620. The summed E-state index contributed by atoms with van der Waals surface area (Å²) in [6.07, 6.45) is 1.41. The fourth-order valence-corrected chi connectivity index (χ4v) is 5.92. The van der Waals surface area contributed by atoms with Crippen LogP contribution in [0.3, 0.4) is 0 Å². The van der Waals surface area contributed by atoms with Gasteiger partial charge in [0.1, 0.15) is 6.04 Å². The number of hydrogen-bond acceptors (Lipinski definition) is 4. The summed E-state index contributed by atoms with van der Waals surface area (Å²) in [5.41, 5.74) is 5.45. The number of aromatic nitrogens is 1. The fraction of sp³-hybridized carbons (Fsp3) is 0.429. The van der Waals surface area contributed by atoms with Gasteiger partial charge in [-0.05, 0) is 30.5 Å². The largest absolute Gasteiger partial charge is 0.379 e. The highest BCUT2D eigenvalue weighted by Gasteiger charge is 2.48. The SMILES string of the molecule is Cc1ccc([C@@H]2c3[nH]c4ccccc4c3C[C@H]3C(=O)N(CCCN4CCOCC4)CC(=O)N23)cc1. The molecular formula is C28H32N4O3. The minimum Gasteiger partial charge on any atom is -0.379 e. The number of para-hydroxylation sites is 1. The van der Waals surface area contributed by atoms with Crippen molar-refractivity contribution in [3.8, 4) is 0 Å². The number of piperazine rings is 1. The van der Waals surface area contributed by atoms with Crippen LogP contribution >= 0.6 is 0 Å². The van der Waals surface area contributed by atoms with E-state index in [9.17, 15) is 9.59 Å². The average Bonchev–Trinajstić information content (AvgIpc) is 3.25. The number of amides is 2. The van der Waals surface area contributed by atoms with Gasteiger partial charge >= 0.3 is 0 Å². The molecule has 0 radical (unpaired) electrons. The summed E-state index contributed by atoms with van der Waals surface area (Å²) >= 11 is 0. The summed E-state index contributed by atoms with van der Waals surface area (Å²) in [6, 6.07) is 15.8. The Kier molecular flexibility index (Phi) is 5.82. The Morgan fingerprint density at radius 3 is 2.57 bits per heavy atom. The molecule has 7 nitrogen and oxygen atoms in total. The first-order valence-corrected chi connectivity index (χ1v) is 12.7. The maximum atomic E-state index is 13.8. The third-order valence-electron chi connectivity index (χ3n) is 7.74. The zero-order valence-corrected chi connectivity index (χ0v) is 20.2. The Morgan fingerprint density at radius 1 is 1.00 bits per heavy atom. The molecule has 3 aliphatic rings. The van der Waals surface area contributed by atoms with Crippen LogP contribution in [0.2, 0.25) is 0 Å². The number of nitrogens with zero attached hydrogens (tertiary/aromatic N) is 3. The molecule has 0 unspecified atom stereocenters. The lowest BCUT2D eigenvalue weighted by molar-refractivity contribution is -0.158. The van der Waals surface area contributed by atoms with E-state index >= 15 is 0 Å². The predicted octanol–water partition coefficient (Wildman–Crippen LogP) is 2.88. The summed E-state index contributed by atoms with van der Waals surface area (Å²) in [5, 5.41) is 1.14. The Labute approximate surface area is 205 Å². The number of carbonyl (C=O) groups excluding carboxylic acids is 2. The van der Waals surface area contributed by atoms with Crippen LogP contribution in [-0.4, -0.2) is 83.5 Å². The van der Waals surface area contributed by atoms with Gasteiger partial charge in [-0.15, -0.1) is 0 Å². The highest BCUT2D eigenvalue weighted by Crippen LogP contribution is 2.42. The lowest BCUT2D eigenvalue weighted by Crippen LogP contribution is -2.63. The van der Waals surface area contributed by atoms with Crippen molar-refractivity contribution < 1.29 is 14.3 Å². The molecule has 2 aromatic carbocycles. The van der Waals surface area contributed by atoms with Gasteiger partial charge in [0.05, 0.1) is 25.8 Å². The van der Waals surface area contributed by atoms with Gasteiger partial charge in [0, 0.05) is 49.2 Å². The summed E-state index contributed by atoms with van der Waals surface area (Å²) in [4.78, 5) is 37.0. The van der Waals surface area contributed by atoms with Crippen molar-refractivity contribution in [1.29, 1.82) is 0 Å². The second-order valence-electron chi connectivity index (χ2n) is 9.96. The maximum absolute atomic E-state index is 13.8. The topological polar surface area (TPSA) is 68.9 Å². The van der Waals surface area contributed by atoms with Crippen LogP contribution in [0.5, 0.6) is 0 Å². The van der Waals surface area contributed by atoms with Crippen LogP contribution in [0.15, 0.2) is 48.5 Å². The molecule has 3 aromatic rings. The van der Waals surface area contributed by atoms with Gasteiger partial charge in [-0.1, -0.05) is 48.0 Å². The number of ether oxygens (including phenoxy) is 1. The van der Waals surface area contributed by atoms with E-state index in [-0.39, 0.29) is 24.4 Å². The van der Waals surface area contributed by atoms with Gasteiger partial charge in [-0.3, -0.25) is 14.5 Å². The van der Waals surface area contributed by atoms with Crippen molar-refractivity contribution in [3.05, 3.63) is 70.9 Å². The zero-order chi connectivity index (χ0) is 23.9. The molecule has 3 aliphatic heterocycles. The van der Waals surface area contributed by atoms with E-state index in [1.807, 2.05) is 17.0 Å². The zero-order valence-electron chi connectivity index (χ0n) is 20.2. The van der Waals surface area contributed by atoms with Crippen molar-refractivity contribution >= 4 is 22.7 Å². The minimum absolute atomic E-state index is 0.0239. The van der Waals surface area contributed by atoms with E-state index in [0.717, 1.165) is 67.0 Å². The number of nitrogens with one attached hydrogen (secondary N) is 1. The second kappa shape index (κ2) is 9.13. The Hall–Kier alpha value is -3.16. The summed E-state index contributed by atoms with van der Waals surface area (Å²) < 4.78 is 5.43. The first-order chi connectivity index (χ1) is 17.1. The minimum atomic E-state index is -0.474. The van der Waals surface area contributed by atoms with E-state index in [4.69, 9.17) is 4.74 Å². The lowest BCUT2D eigenvalue weighted by Gasteiger charge is -2.47. The predicted molar refractivity (Wildman–Crippen MR) is 134 cm³/mol. The molecule has 0 saturated carbocycles. The Bertz CT molecular complexity index is 1240. The van der Waals surface area contributed by atoms with Gasteiger partial charge in [0.15, 0.2) is 0 Å². The van der Waals surface area contributed by atoms with Gasteiger partial charge in [0.25, 0.3) is 0 Å². The number of aryl methyl sites for hydroxylation is 1. The molecule has 182 valence electrons. The van der Waals surface area contributed by atoms with Crippen LogP contribution < -0.4 is 0 Å². The van der Waals surface area contributed by atoms with E-state index in [0.29, 0.717) is 13.0 Å². The monoisotopic (exact) mass is 472 g/mol. The Morgan fingerprint density at radius 2 is 1.77 bits per heavy atom. The normalized spacial score (nSPS) is 23.0. The number of benzene rings is 2. The van der Waals surface area contributed by atoms with Crippen LogP contribution in [0.25, 0.3) is 10.9 Å². The van der Waals surface area contributed by atoms with Crippen molar-refractivity contribution in [2.24, 2.45) is 0 Å². The molecular weight excluding hydrogens is 440 g/mol. The van der Waals surface area contributed by atoms with Gasteiger partial charge in [0.2, 0.25) is 11.8 Å². The summed E-state index contributed by atoms with van der Waals surface area (Å²) in [5.74, 6) is 0.0930. The first-order valence-electron chi connectivity index (χ1n) is 12.7. The number of H-pyrrole nitrogens is 1. The van der Waals surface area contributed by atoms with Crippen LogP contribution in [0.4, 0.5) is 0 Å². The van der Waals surface area contributed by atoms with Gasteiger partial charge in [-0.2, -0.15) is 0 Å². The number of aromatic amines is 1. The second-order valence-corrected chi connectivity index (χ2v) is 9.96. The van der Waals surface area contributed by atoms with Crippen molar-refractivity contribution in [3.63, 3.8) is 0 Å². The molecule has 7 heteroatoms. The molecule has 35 heavy (non-hydrogen) atoms. The third kappa shape index (κ3) is 4.02. The molecule has 2 atom stereocenters. The average molecular weight is 473 g/mol. The lowest BCUT2D eigenvalue weighted by atomic mass is 9.86. The number of morpholine rings is 1. The molecule has 1 N–H and O–H groups in total. The molecule has 0 bridgehead atoms. The maximum Gasteiger partial charge on any atom is 0.246 e. The molecule has 4 heterocycles. The van der Waals surface area contributed by atoms with Crippen molar-refractivity contribution in [2.45, 2.75) is 31.8 Å². The van der Waals surface area contributed by atoms with Crippen LogP contribution in [-0.2, 0) is 20.7 Å². The number of fused-ring (bicyclic) bond motifs is 4. The summed E-state index contributed by atoms with van der Waals surface area (Å²) in [7, 11) is 0.